The highest BCUT2D eigenvalue weighted by molar-refractivity contribution is 6.13. The van der Waals surface area contributed by atoms with Gasteiger partial charge in [0.05, 0.1) is 11.1 Å². The number of aromatic carboxylic acids is 2. The third-order valence-electron chi connectivity index (χ3n) is 6.39. The molecule has 0 amide bonds. The van der Waals surface area contributed by atoms with Crippen molar-refractivity contribution >= 4 is 22.7 Å². The predicted octanol–water partition coefficient (Wildman–Crippen LogP) is 8.04. The van der Waals surface area contributed by atoms with Gasteiger partial charge in [-0.1, -0.05) is 96.3 Å². The molecule has 0 fully saturated rings. The molecule has 4 heteroatoms. The van der Waals surface area contributed by atoms with Crippen LogP contribution in [0, 0.1) is 0 Å². The van der Waals surface area contributed by atoms with Crippen LogP contribution in [0.2, 0.25) is 0 Å². The summed E-state index contributed by atoms with van der Waals surface area (Å²) in [5.74, 6) is -2.10. The molecule has 0 heterocycles. The Morgan fingerprint density at radius 1 is 0.719 bits per heavy atom. The first-order valence-corrected chi connectivity index (χ1v) is 12.5. The van der Waals surface area contributed by atoms with Crippen molar-refractivity contribution in [3.8, 4) is 0 Å². The summed E-state index contributed by atoms with van der Waals surface area (Å²) in [7, 11) is 0. The Morgan fingerprint density at radius 3 is 1.84 bits per heavy atom. The maximum Gasteiger partial charge on any atom is 0.336 e. The minimum Gasteiger partial charge on any atom is -0.478 e. The van der Waals surface area contributed by atoms with Gasteiger partial charge in [-0.05, 0) is 48.3 Å². The van der Waals surface area contributed by atoms with Gasteiger partial charge in [0.1, 0.15) is 0 Å². The fourth-order valence-electron chi connectivity index (χ4n) is 4.66. The lowest BCUT2D eigenvalue weighted by molar-refractivity contribution is 0.0694. The van der Waals surface area contributed by atoms with Gasteiger partial charge >= 0.3 is 11.9 Å². The maximum atomic E-state index is 12.4. The molecule has 0 aliphatic rings. The first-order chi connectivity index (χ1) is 15.5. The number of carboxylic acid groups (broad SMARTS) is 2. The Labute approximate surface area is 193 Å². The number of unbranched alkanes of at least 4 members (excludes halogenated alkanes) is 10. The highest BCUT2D eigenvalue weighted by atomic mass is 16.4. The molecule has 0 saturated carbocycles. The summed E-state index contributed by atoms with van der Waals surface area (Å²) in [6.45, 7) is 4.41. The number of carbonyl (C=O) groups is 2. The summed E-state index contributed by atoms with van der Waals surface area (Å²) >= 11 is 0. The Bertz CT molecular complexity index is 885. The van der Waals surface area contributed by atoms with Crippen LogP contribution in [0.5, 0.6) is 0 Å². The van der Waals surface area contributed by atoms with Crippen LogP contribution in [0.3, 0.4) is 0 Å². The van der Waals surface area contributed by atoms with Gasteiger partial charge in [0.15, 0.2) is 0 Å². The van der Waals surface area contributed by atoms with Crippen molar-refractivity contribution in [2.75, 3.05) is 0 Å². The second-order valence-electron chi connectivity index (χ2n) is 8.94. The zero-order valence-corrected chi connectivity index (χ0v) is 19.9. The normalized spacial score (nSPS) is 11.2. The van der Waals surface area contributed by atoms with Gasteiger partial charge in [0, 0.05) is 5.39 Å². The van der Waals surface area contributed by atoms with E-state index in [0.717, 1.165) is 55.0 Å². The molecule has 2 aromatic carbocycles. The lowest BCUT2D eigenvalue weighted by atomic mass is 9.86. The summed E-state index contributed by atoms with van der Waals surface area (Å²) < 4.78 is 0. The zero-order valence-electron chi connectivity index (χ0n) is 19.9. The Morgan fingerprint density at radius 2 is 1.28 bits per heavy atom. The summed E-state index contributed by atoms with van der Waals surface area (Å²) in [6.07, 6.45) is 15.5. The minimum atomic E-state index is -1.08. The molecule has 0 aliphatic heterocycles. The molecule has 2 aromatic rings. The van der Waals surface area contributed by atoms with Crippen LogP contribution in [0.15, 0.2) is 24.3 Å². The van der Waals surface area contributed by atoms with E-state index in [4.69, 9.17) is 0 Å². The number of fused-ring (bicyclic) bond motifs is 1. The number of carboxylic acids is 2. The van der Waals surface area contributed by atoms with E-state index < -0.39 is 11.9 Å². The van der Waals surface area contributed by atoms with Crippen LogP contribution >= 0.6 is 0 Å². The van der Waals surface area contributed by atoms with E-state index in [-0.39, 0.29) is 11.1 Å². The highest BCUT2D eigenvalue weighted by Crippen LogP contribution is 2.32. The van der Waals surface area contributed by atoms with Gasteiger partial charge in [-0.2, -0.15) is 0 Å². The van der Waals surface area contributed by atoms with E-state index in [1.165, 1.54) is 51.0 Å². The third kappa shape index (κ3) is 7.36. The number of hydrogen-bond donors (Lipinski definition) is 2. The molecular weight excluding hydrogens is 400 g/mol. The summed E-state index contributed by atoms with van der Waals surface area (Å²) in [5.41, 5.74) is 2.22. The van der Waals surface area contributed by atoms with E-state index in [9.17, 15) is 19.8 Å². The number of aryl methyl sites for hydroxylation is 1. The molecule has 2 N–H and O–H groups in total. The van der Waals surface area contributed by atoms with Crippen molar-refractivity contribution < 1.29 is 19.8 Å². The second-order valence-corrected chi connectivity index (χ2v) is 8.94. The van der Waals surface area contributed by atoms with Gasteiger partial charge in [-0.25, -0.2) is 9.59 Å². The molecule has 176 valence electrons. The van der Waals surface area contributed by atoms with Crippen molar-refractivity contribution in [2.45, 2.75) is 104 Å². The molecule has 0 aromatic heterocycles. The molecular formula is C28H40O4. The standard InChI is InChI=1S/C28H40O4/c1-3-5-7-9-11-13-16-21-20-22-17-15-19-24(27(29)30)25(22)26(28(31)32)23(21)18-14-12-10-8-6-4-2/h15,17,19-20H,3-14,16,18H2,1-2H3,(H,29,30)(H,31,32). The van der Waals surface area contributed by atoms with E-state index in [0.29, 0.717) is 11.8 Å². The van der Waals surface area contributed by atoms with Gasteiger partial charge in [-0.3, -0.25) is 0 Å². The lowest BCUT2D eigenvalue weighted by Gasteiger charge is -2.17. The number of benzene rings is 2. The topological polar surface area (TPSA) is 74.6 Å². The van der Waals surface area contributed by atoms with Gasteiger partial charge in [0.2, 0.25) is 0 Å². The van der Waals surface area contributed by atoms with Crippen LogP contribution in [0.4, 0.5) is 0 Å². The Kier molecular flexibility index (Phi) is 11.3. The molecule has 0 radical (unpaired) electrons. The highest BCUT2D eigenvalue weighted by Gasteiger charge is 2.22. The predicted molar refractivity (Wildman–Crippen MR) is 132 cm³/mol. The van der Waals surface area contributed by atoms with Crippen LogP contribution in [-0.2, 0) is 12.8 Å². The van der Waals surface area contributed by atoms with Crippen molar-refractivity contribution in [1.82, 2.24) is 0 Å². The van der Waals surface area contributed by atoms with Crippen molar-refractivity contribution in [1.29, 1.82) is 0 Å². The van der Waals surface area contributed by atoms with Gasteiger partial charge in [-0.15, -0.1) is 0 Å². The quantitative estimate of drug-likeness (QED) is 0.259. The van der Waals surface area contributed by atoms with E-state index in [1.54, 1.807) is 6.07 Å². The van der Waals surface area contributed by atoms with Crippen molar-refractivity contribution in [3.05, 3.63) is 46.5 Å². The number of hydrogen-bond acceptors (Lipinski definition) is 2. The fraction of sp³-hybridized carbons (Fsp3) is 0.571. The van der Waals surface area contributed by atoms with E-state index in [2.05, 4.69) is 13.8 Å². The number of rotatable bonds is 16. The second kappa shape index (κ2) is 13.9. The molecule has 0 saturated heterocycles. The monoisotopic (exact) mass is 440 g/mol. The smallest absolute Gasteiger partial charge is 0.336 e. The molecule has 0 spiro atoms. The minimum absolute atomic E-state index is 0.0789. The van der Waals surface area contributed by atoms with Crippen LogP contribution in [-0.4, -0.2) is 22.2 Å². The summed E-state index contributed by atoms with van der Waals surface area (Å²) in [4.78, 5) is 24.2. The van der Waals surface area contributed by atoms with Crippen molar-refractivity contribution in [3.63, 3.8) is 0 Å². The third-order valence-corrected chi connectivity index (χ3v) is 6.39. The first kappa shape index (κ1) is 25.9. The molecule has 4 nitrogen and oxygen atoms in total. The summed E-state index contributed by atoms with van der Waals surface area (Å²) in [6, 6.07) is 7.11. The SMILES string of the molecule is CCCCCCCCc1cc2cccc(C(=O)O)c2c(C(=O)O)c1CCCCCCCC. The van der Waals surface area contributed by atoms with Crippen LogP contribution in [0.25, 0.3) is 10.8 Å². The molecule has 0 unspecified atom stereocenters. The van der Waals surface area contributed by atoms with E-state index in [1.807, 2.05) is 12.1 Å². The largest absolute Gasteiger partial charge is 0.478 e. The van der Waals surface area contributed by atoms with Gasteiger partial charge in [0.25, 0.3) is 0 Å². The van der Waals surface area contributed by atoms with Crippen LogP contribution < -0.4 is 0 Å². The molecule has 2 rings (SSSR count). The first-order valence-electron chi connectivity index (χ1n) is 12.5. The molecule has 0 atom stereocenters. The fourth-order valence-corrected chi connectivity index (χ4v) is 4.66. The average Bonchev–Trinajstić information content (AvgIpc) is 2.77. The molecule has 32 heavy (non-hydrogen) atoms. The molecule has 0 bridgehead atoms. The average molecular weight is 441 g/mol. The summed E-state index contributed by atoms with van der Waals surface area (Å²) in [5, 5.41) is 20.9. The maximum absolute atomic E-state index is 12.4. The Balaban J connectivity index is 2.35. The van der Waals surface area contributed by atoms with Crippen LogP contribution in [0.1, 0.15) is 123 Å². The molecule has 0 aliphatic carbocycles. The lowest BCUT2D eigenvalue weighted by Crippen LogP contribution is -2.11. The Hall–Kier alpha value is -2.36. The van der Waals surface area contributed by atoms with Gasteiger partial charge < -0.3 is 10.2 Å². The van der Waals surface area contributed by atoms with E-state index >= 15 is 0 Å². The van der Waals surface area contributed by atoms with Crippen molar-refractivity contribution in [2.24, 2.45) is 0 Å². The zero-order chi connectivity index (χ0) is 23.3.